The predicted molar refractivity (Wildman–Crippen MR) is 97.5 cm³/mol. The van der Waals surface area contributed by atoms with Crippen LogP contribution in [0.3, 0.4) is 0 Å². The van der Waals surface area contributed by atoms with E-state index in [2.05, 4.69) is 64.1 Å². The molecule has 0 aromatic heterocycles. The number of thiol groups is 1. The van der Waals surface area contributed by atoms with E-state index in [4.69, 9.17) is 0 Å². The van der Waals surface area contributed by atoms with Crippen molar-refractivity contribution in [2.75, 3.05) is 17.3 Å². The fourth-order valence-electron chi connectivity index (χ4n) is 2.45. The number of fused-ring (bicyclic) bond motifs is 1. The molecule has 0 N–H and O–H groups in total. The minimum atomic E-state index is 0.201. The quantitative estimate of drug-likeness (QED) is 0.422. The van der Waals surface area contributed by atoms with Crippen LogP contribution >= 0.6 is 11.8 Å². The van der Waals surface area contributed by atoms with Crippen molar-refractivity contribution in [2.45, 2.75) is 38.0 Å². The van der Waals surface area contributed by atoms with Gasteiger partial charge in [0.05, 0.1) is 0 Å². The molecule has 0 nitrogen and oxygen atoms in total. The minimum Gasteiger partial charge on any atom is -0.157 e. The molecule has 2 heteroatoms. The van der Waals surface area contributed by atoms with E-state index in [1.165, 1.54) is 50.3 Å². The van der Waals surface area contributed by atoms with Crippen LogP contribution in [0.15, 0.2) is 41.3 Å². The Labute approximate surface area is 131 Å². The second kappa shape index (κ2) is 6.91. The largest absolute Gasteiger partial charge is 0.160 e. The van der Waals surface area contributed by atoms with Crippen molar-refractivity contribution in [3.05, 3.63) is 42.0 Å². The normalized spacial score (nSPS) is 12.0. The van der Waals surface area contributed by atoms with Crippen molar-refractivity contribution in [3.8, 4) is 0 Å². The van der Waals surface area contributed by atoms with Gasteiger partial charge in [-0.1, -0.05) is 52.0 Å². The van der Waals surface area contributed by atoms with Crippen LogP contribution in [-0.2, 0) is 17.2 Å². The average molecular weight is 306 g/mol. The van der Waals surface area contributed by atoms with Gasteiger partial charge in [-0.25, -0.2) is 0 Å². The first-order chi connectivity index (χ1) is 9.54. The van der Waals surface area contributed by atoms with E-state index in [9.17, 15) is 0 Å². The van der Waals surface area contributed by atoms with Crippen molar-refractivity contribution in [3.63, 3.8) is 0 Å². The van der Waals surface area contributed by atoms with Crippen molar-refractivity contribution >= 4 is 34.3 Å². The maximum Gasteiger partial charge on any atom is 0.160 e. The molecule has 20 heavy (non-hydrogen) atoms. The summed E-state index contributed by atoms with van der Waals surface area (Å²) in [5, 5.41) is 2.86. The van der Waals surface area contributed by atoms with E-state index < -0.39 is 0 Å². The fraction of sp³-hybridized carbons (Fsp3) is 0.444. The minimum absolute atomic E-state index is 0.201. The summed E-state index contributed by atoms with van der Waals surface area (Å²) in [5.41, 5.74) is 1.66. The number of thioether (sulfide) groups is 1. The highest BCUT2D eigenvalue weighted by atomic mass is 32.2. The van der Waals surface area contributed by atoms with Gasteiger partial charge < -0.3 is 0 Å². The molecule has 0 saturated carbocycles. The van der Waals surface area contributed by atoms with Gasteiger partial charge in [0.1, 0.15) is 5.75 Å². The van der Waals surface area contributed by atoms with Gasteiger partial charge in [-0.3, -0.25) is 0 Å². The van der Waals surface area contributed by atoms with Gasteiger partial charge in [0.2, 0.25) is 0 Å². The highest BCUT2D eigenvalue weighted by Gasteiger charge is 2.19. The first kappa shape index (κ1) is 15.8. The number of hydrogen-bond donors (Lipinski definition) is 0. The molecule has 0 heterocycles. The third-order valence-electron chi connectivity index (χ3n) is 3.43. The topological polar surface area (TPSA) is 0 Å². The fourth-order valence-corrected chi connectivity index (χ4v) is 4.41. The number of benzene rings is 2. The van der Waals surface area contributed by atoms with Crippen molar-refractivity contribution in [2.24, 2.45) is 0 Å². The first-order valence-electron chi connectivity index (χ1n) is 7.31. The van der Waals surface area contributed by atoms with Crippen molar-refractivity contribution < 1.29 is 0 Å². The van der Waals surface area contributed by atoms with Gasteiger partial charge in [0, 0.05) is 22.9 Å². The Balaban J connectivity index is 2.34. The molecule has 0 aliphatic heterocycles. The molecule has 0 radical (unpaired) electrons. The van der Waals surface area contributed by atoms with E-state index in [0.717, 1.165) is 0 Å². The first-order valence-corrected chi connectivity index (χ1v) is 9.55. The lowest BCUT2D eigenvalue weighted by molar-refractivity contribution is 0.595. The molecular weight excluding hydrogens is 280 g/mol. The maximum atomic E-state index is 2.33. The molecule has 0 spiro atoms. The molecule has 2 aromatic rings. The van der Waals surface area contributed by atoms with Crippen LogP contribution in [0.2, 0.25) is 0 Å². The maximum absolute atomic E-state index is 2.33. The molecule has 2 aromatic carbocycles. The Kier molecular flexibility index (Phi) is 5.45. The Morgan fingerprint density at radius 1 is 1.00 bits per heavy atom. The zero-order valence-corrected chi connectivity index (χ0v) is 14.7. The molecule has 0 fully saturated rings. The average Bonchev–Trinajstić information content (AvgIpc) is 2.42. The van der Waals surface area contributed by atoms with Gasteiger partial charge in [-0.15, -0.1) is 0 Å². The van der Waals surface area contributed by atoms with Crippen LogP contribution in [0, 0.1) is 0 Å². The molecular formula is C18H25S2+. The lowest BCUT2D eigenvalue weighted by Crippen LogP contribution is -2.12. The van der Waals surface area contributed by atoms with Crippen molar-refractivity contribution in [1.29, 1.82) is 0 Å². The van der Waals surface area contributed by atoms with E-state index in [1.807, 2.05) is 11.8 Å². The summed E-state index contributed by atoms with van der Waals surface area (Å²) in [6.45, 7) is 9.12. The molecule has 0 aliphatic carbocycles. The van der Waals surface area contributed by atoms with Crippen LogP contribution in [0.1, 0.15) is 33.3 Å². The number of rotatable bonds is 5. The van der Waals surface area contributed by atoms with E-state index in [1.54, 1.807) is 0 Å². The molecule has 0 saturated heterocycles. The number of hydrogen-bond acceptors (Lipinski definition) is 1. The van der Waals surface area contributed by atoms with E-state index in [-0.39, 0.29) is 5.41 Å². The van der Waals surface area contributed by atoms with E-state index in [0.29, 0.717) is 0 Å². The SMILES string of the molecule is CCSCC[SH+]c1ccc(C(C)(C)C)c2ccccc12. The Morgan fingerprint density at radius 2 is 1.70 bits per heavy atom. The van der Waals surface area contributed by atoms with E-state index >= 15 is 0 Å². The standard InChI is InChI=1S/C18H24S2/c1-5-19-12-13-20-17-11-10-16(18(2,3)4)14-8-6-7-9-15(14)17/h6-11H,5,12-13H2,1-4H3/p+1. The molecule has 108 valence electrons. The molecule has 0 amide bonds. The second-order valence-electron chi connectivity index (χ2n) is 6.01. The highest BCUT2D eigenvalue weighted by molar-refractivity contribution is 7.99. The third-order valence-corrected chi connectivity index (χ3v) is 5.81. The van der Waals surface area contributed by atoms with Crippen LogP contribution in [0.5, 0.6) is 0 Å². The van der Waals surface area contributed by atoms with Crippen LogP contribution < -0.4 is 0 Å². The van der Waals surface area contributed by atoms with Gasteiger partial charge in [0.25, 0.3) is 0 Å². The Bertz CT molecular complexity index is 567. The smallest absolute Gasteiger partial charge is 0.157 e. The van der Waals surface area contributed by atoms with Gasteiger partial charge in [-0.2, -0.15) is 11.8 Å². The molecule has 0 bridgehead atoms. The summed E-state index contributed by atoms with van der Waals surface area (Å²) in [7, 11) is 0. The summed E-state index contributed by atoms with van der Waals surface area (Å²) in [6, 6.07) is 13.5. The summed E-state index contributed by atoms with van der Waals surface area (Å²) >= 11 is 3.49. The molecule has 0 unspecified atom stereocenters. The van der Waals surface area contributed by atoms with Crippen LogP contribution in [0.4, 0.5) is 0 Å². The lowest BCUT2D eigenvalue weighted by atomic mass is 9.84. The Hall–Kier alpha value is -0.600. The van der Waals surface area contributed by atoms with Crippen LogP contribution in [0.25, 0.3) is 10.8 Å². The molecule has 2 rings (SSSR count). The summed E-state index contributed by atoms with van der Waals surface area (Å²) in [5.74, 6) is 3.73. The second-order valence-corrected chi connectivity index (χ2v) is 8.65. The molecule has 0 aliphatic rings. The predicted octanol–water partition coefficient (Wildman–Crippen LogP) is 5.06. The summed E-state index contributed by atoms with van der Waals surface area (Å²) < 4.78 is 0. The van der Waals surface area contributed by atoms with Crippen LogP contribution in [-0.4, -0.2) is 17.3 Å². The third kappa shape index (κ3) is 3.73. The molecule has 0 atom stereocenters. The summed E-state index contributed by atoms with van der Waals surface area (Å²) in [6.07, 6.45) is 0. The van der Waals surface area contributed by atoms with Gasteiger partial charge in [0.15, 0.2) is 4.90 Å². The van der Waals surface area contributed by atoms with Crippen molar-refractivity contribution in [1.82, 2.24) is 0 Å². The zero-order valence-electron chi connectivity index (χ0n) is 12.9. The Morgan fingerprint density at radius 3 is 2.35 bits per heavy atom. The highest BCUT2D eigenvalue weighted by Crippen LogP contribution is 2.32. The monoisotopic (exact) mass is 305 g/mol. The van der Waals surface area contributed by atoms with Gasteiger partial charge in [-0.05, 0) is 34.3 Å². The van der Waals surface area contributed by atoms with Gasteiger partial charge >= 0.3 is 0 Å². The zero-order chi connectivity index (χ0) is 14.6. The lowest BCUT2D eigenvalue weighted by Gasteiger charge is -2.21. The summed E-state index contributed by atoms with van der Waals surface area (Å²) in [4.78, 5) is 1.48.